The van der Waals surface area contributed by atoms with Gasteiger partial charge in [-0.25, -0.2) is 4.79 Å². The Balaban J connectivity index is 1.84. The van der Waals surface area contributed by atoms with E-state index in [1.165, 1.54) is 77.0 Å². The summed E-state index contributed by atoms with van der Waals surface area (Å²) in [4.78, 5) is 16.4. The molecule has 0 aliphatic carbocycles. The number of carbonyl (C=O) groups is 1. The summed E-state index contributed by atoms with van der Waals surface area (Å²) in [6.45, 7) is 14.7. The smallest absolute Gasteiger partial charge is 0.410 e. The molecular weight excluding hydrogens is 374 g/mol. The van der Waals surface area contributed by atoms with Crippen molar-refractivity contribution in [2.45, 2.75) is 110 Å². The van der Waals surface area contributed by atoms with Crippen molar-refractivity contribution in [3.8, 4) is 0 Å². The molecule has 0 aromatic rings. The first-order valence-corrected chi connectivity index (χ1v) is 12.8. The van der Waals surface area contributed by atoms with Gasteiger partial charge in [-0.05, 0) is 33.7 Å². The molecule has 30 heavy (non-hydrogen) atoms. The molecular formula is C25H51N3O2. The van der Waals surface area contributed by atoms with Gasteiger partial charge in [-0.15, -0.1) is 0 Å². The van der Waals surface area contributed by atoms with E-state index in [-0.39, 0.29) is 6.09 Å². The summed E-state index contributed by atoms with van der Waals surface area (Å²) in [5.74, 6) is 0. The lowest BCUT2D eigenvalue weighted by atomic mass is 10.1. The molecule has 178 valence electrons. The Morgan fingerprint density at radius 1 is 0.767 bits per heavy atom. The van der Waals surface area contributed by atoms with E-state index in [9.17, 15) is 4.79 Å². The molecule has 0 atom stereocenters. The van der Waals surface area contributed by atoms with Gasteiger partial charge >= 0.3 is 6.09 Å². The maximum Gasteiger partial charge on any atom is 0.410 e. The van der Waals surface area contributed by atoms with E-state index < -0.39 is 5.60 Å². The van der Waals surface area contributed by atoms with Crippen LogP contribution < -0.4 is 5.32 Å². The van der Waals surface area contributed by atoms with Gasteiger partial charge in [0.2, 0.25) is 0 Å². The molecule has 1 saturated heterocycles. The normalized spacial score (nSPS) is 15.5. The Hall–Kier alpha value is -0.810. The maximum absolute atomic E-state index is 12.1. The molecule has 5 nitrogen and oxygen atoms in total. The van der Waals surface area contributed by atoms with Crippen molar-refractivity contribution < 1.29 is 9.53 Å². The third kappa shape index (κ3) is 15.1. The van der Waals surface area contributed by atoms with E-state index in [2.05, 4.69) is 17.1 Å². The molecule has 1 fully saturated rings. The molecule has 0 radical (unpaired) electrons. The Labute approximate surface area is 187 Å². The van der Waals surface area contributed by atoms with Gasteiger partial charge in [0, 0.05) is 39.3 Å². The highest BCUT2D eigenvalue weighted by molar-refractivity contribution is 5.68. The molecule has 0 aromatic carbocycles. The first-order chi connectivity index (χ1) is 14.4. The summed E-state index contributed by atoms with van der Waals surface area (Å²) in [7, 11) is 0. The standard InChI is InChI=1S/C25H51N3O2/c1-5-6-7-8-9-10-11-12-13-14-15-16-17-26-18-19-27-20-22-28(23-21-27)24(29)30-25(2,3)4/h26H,5-23H2,1-4H3. The van der Waals surface area contributed by atoms with E-state index in [1.54, 1.807) is 0 Å². The minimum Gasteiger partial charge on any atom is -0.444 e. The minimum atomic E-state index is -0.411. The second kappa shape index (κ2) is 16.8. The van der Waals surface area contributed by atoms with Crippen LogP contribution in [-0.2, 0) is 4.74 Å². The number of ether oxygens (including phenoxy) is 1. The highest BCUT2D eigenvalue weighted by atomic mass is 16.6. The number of unbranched alkanes of at least 4 members (excludes halogenated alkanes) is 11. The van der Waals surface area contributed by atoms with Crippen LogP contribution in [-0.4, -0.2) is 67.3 Å². The summed E-state index contributed by atoms with van der Waals surface area (Å²) >= 11 is 0. The molecule has 1 rings (SSSR count). The Bertz CT molecular complexity index is 415. The van der Waals surface area contributed by atoms with Crippen LogP contribution in [0.25, 0.3) is 0 Å². The highest BCUT2D eigenvalue weighted by Gasteiger charge is 2.25. The lowest BCUT2D eigenvalue weighted by molar-refractivity contribution is 0.0146. The molecule has 0 bridgehead atoms. The number of piperazine rings is 1. The van der Waals surface area contributed by atoms with Crippen molar-refractivity contribution in [2.75, 3.05) is 45.8 Å². The lowest BCUT2D eigenvalue weighted by Crippen LogP contribution is -2.51. The van der Waals surface area contributed by atoms with Gasteiger partial charge in [-0.3, -0.25) is 4.90 Å². The van der Waals surface area contributed by atoms with Crippen molar-refractivity contribution in [1.82, 2.24) is 15.1 Å². The number of rotatable bonds is 16. The molecule has 0 saturated carbocycles. The minimum absolute atomic E-state index is 0.174. The molecule has 1 heterocycles. The highest BCUT2D eigenvalue weighted by Crippen LogP contribution is 2.13. The second-order valence-corrected chi connectivity index (χ2v) is 9.95. The van der Waals surface area contributed by atoms with Gasteiger partial charge in [-0.2, -0.15) is 0 Å². The quantitative estimate of drug-likeness (QED) is 0.316. The Morgan fingerprint density at radius 2 is 1.27 bits per heavy atom. The van der Waals surface area contributed by atoms with Gasteiger partial charge in [0.1, 0.15) is 5.60 Å². The van der Waals surface area contributed by atoms with Crippen LogP contribution >= 0.6 is 0 Å². The molecule has 1 aliphatic heterocycles. The van der Waals surface area contributed by atoms with Crippen molar-refractivity contribution >= 4 is 6.09 Å². The van der Waals surface area contributed by atoms with Gasteiger partial charge in [-0.1, -0.05) is 77.6 Å². The molecule has 5 heteroatoms. The zero-order valence-corrected chi connectivity index (χ0v) is 20.6. The van der Waals surface area contributed by atoms with Gasteiger partial charge in [0.15, 0.2) is 0 Å². The predicted octanol–water partition coefficient (Wildman–Crippen LogP) is 5.83. The number of nitrogens with zero attached hydrogens (tertiary/aromatic N) is 2. The lowest BCUT2D eigenvalue weighted by Gasteiger charge is -2.35. The molecule has 1 aliphatic rings. The van der Waals surface area contributed by atoms with Crippen LogP contribution in [0.2, 0.25) is 0 Å². The summed E-state index contributed by atoms with van der Waals surface area (Å²) in [5, 5.41) is 3.59. The van der Waals surface area contributed by atoms with Crippen LogP contribution in [0.4, 0.5) is 4.79 Å². The fourth-order valence-electron chi connectivity index (χ4n) is 3.93. The largest absolute Gasteiger partial charge is 0.444 e. The average molecular weight is 426 g/mol. The van der Waals surface area contributed by atoms with E-state index in [1.807, 2.05) is 25.7 Å². The van der Waals surface area contributed by atoms with Crippen molar-refractivity contribution in [3.05, 3.63) is 0 Å². The monoisotopic (exact) mass is 425 g/mol. The molecule has 0 spiro atoms. The van der Waals surface area contributed by atoms with E-state index >= 15 is 0 Å². The number of amides is 1. The molecule has 1 amide bonds. The summed E-state index contributed by atoms with van der Waals surface area (Å²) in [6, 6.07) is 0. The SMILES string of the molecule is CCCCCCCCCCCCCCNCCN1CCN(C(=O)OC(C)(C)C)CC1. The predicted molar refractivity (Wildman–Crippen MR) is 128 cm³/mol. The van der Waals surface area contributed by atoms with E-state index in [0.717, 1.165) is 45.8 Å². The zero-order chi connectivity index (χ0) is 22.1. The summed E-state index contributed by atoms with van der Waals surface area (Å²) in [6.07, 6.45) is 16.7. The zero-order valence-electron chi connectivity index (χ0n) is 20.6. The molecule has 0 unspecified atom stereocenters. The van der Waals surface area contributed by atoms with Crippen molar-refractivity contribution in [3.63, 3.8) is 0 Å². The van der Waals surface area contributed by atoms with Crippen LogP contribution in [0.5, 0.6) is 0 Å². The maximum atomic E-state index is 12.1. The Morgan fingerprint density at radius 3 is 1.77 bits per heavy atom. The van der Waals surface area contributed by atoms with Gasteiger partial charge < -0.3 is 15.0 Å². The first kappa shape index (κ1) is 27.2. The van der Waals surface area contributed by atoms with Gasteiger partial charge in [0.05, 0.1) is 0 Å². The number of carbonyl (C=O) groups excluding carboxylic acids is 1. The first-order valence-electron chi connectivity index (χ1n) is 12.8. The summed E-state index contributed by atoms with van der Waals surface area (Å²) < 4.78 is 5.46. The number of hydrogen-bond acceptors (Lipinski definition) is 4. The molecule has 0 aromatic heterocycles. The van der Waals surface area contributed by atoms with E-state index in [0.29, 0.717) is 0 Å². The van der Waals surface area contributed by atoms with Crippen LogP contribution in [0.15, 0.2) is 0 Å². The van der Waals surface area contributed by atoms with Crippen LogP contribution in [0, 0.1) is 0 Å². The average Bonchev–Trinajstić information content (AvgIpc) is 2.70. The summed E-state index contributed by atoms with van der Waals surface area (Å²) in [5.41, 5.74) is -0.411. The second-order valence-electron chi connectivity index (χ2n) is 9.95. The van der Waals surface area contributed by atoms with Crippen molar-refractivity contribution in [2.24, 2.45) is 0 Å². The fraction of sp³-hybridized carbons (Fsp3) is 0.960. The van der Waals surface area contributed by atoms with Crippen LogP contribution in [0.3, 0.4) is 0 Å². The van der Waals surface area contributed by atoms with E-state index in [4.69, 9.17) is 4.74 Å². The molecule has 1 N–H and O–H groups in total. The number of nitrogens with one attached hydrogen (secondary N) is 1. The van der Waals surface area contributed by atoms with Crippen molar-refractivity contribution in [1.29, 1.82) is 0 Å². The topological polar surface area (TPSA) is 44.8 Å². The fourth-order valence-corrected chi connectivity index (χ4v) is 3.93. The third-order valence-electron chi connectivity index (χ3n) is 5.84. The third-order valence-corrected chi connectivity index (χ3v) is 5.84. The van der Waals surface area contributed by atoms with Gasteiger partial charge in [0.25, 0.3) is 0 Å². The number of hydrogen-bond donors (Lipinski definition) is 1. The van der Waals surface area contributed by atoms with Crippen LogP contribution in [0.1, 0.15) is 105 Å². The Kier molecular flexibility index (Phi) is 15.3.